The Labute approximate surface area is 108 Å². The molecule has 18 heavy (non-hydrogen) atoms. The smallest absolute Gasteiger partial charge is 0.126 e. The lowest BCUT2D eigenvalue weighted by Gasteiger charge is -2.17. The predicted octanol–water partition coefficient (Wildman–Crippen LogP) is 4.08. The van der Waals surface area contributed by atoms with E-state index >= 15 is 0 Å². The molecule has 0 fully saturated rings. The van der Waals surface area contributed by atoms with E-state index in [-0.39, 0.29) is 11.9 Å². The first-order valence-corrected chi connectivity index (χ1v) is 6.17. The molecule has 0 bridgehead atoms. The molecule has 1 unspecified atom stereocenters. The fourth-order valence-electron chi connectivity index (χ4n) is 2.17. The third kappa shape index (κ3) is 2.29. The standard InChI is InChI=1S/C16H18FN/c1-11-13(9-6-10-16(11)17)15-8-5-4-7-14(15)12(2)18-3/h4-10,12,18H,1-3H3. The molecule has 2 rings (SSSR count). The summed E-state index contributed by atoms with van der Waals surface area (Å²) in [5.41, 5.74) is 3.95. The molecule has 0 heterocycles. The van der Waals surface area contributed by atoms with E-state index < -0.39 is 0 Å². The fraction of sp³-hybridized carbons (Fsp3) is 0.250. The van der Waals surface area contributed by atoms with E-state index in [1.807, 2.05) is 38.2 Å². The van der Waals surface area contributed by atoms with Crippen molar-refractivity contribution >= 4 is 0 Å². The molecule has 2 aromatic carbocycles. The van der Waals surface area contributed by atoms with Crippen molar-refractivity contribution in [3.8, 4) is 11.1 Å². The summed E-state index contributed by atoms with van der Waals surface area (Å²) >= 11 is 0. The van der Waals surface area contributed by atoms with Crippen molar-refractivity contribution in [3.05, 3.63) is 59.4 Å². The first kappa shape index (κ1) is 12.8. The van der Waals surface area contributed by atoms with Gasteiger partial charge in [0.05, 0.1) is 0 Å². The molecule has 0 amide bonds. The number of hydrogen-bond donors (Lipinski definition) is 1. The molecule has 0 spiro atoms. The highest BCUT2D eigenvalue weighted by atomic mass is 19.1. The predicted molar refractivity (Wildman–Crippen MR) is 74.0 cm³/mol. The largest absolute Gasteiger partial charge is 0.313 e. The maximum Gasteiger partial charge on any atom is 0.126 e. The van der Waals surface area contributed by atoms with E-state index in [1.165, 1.54) is 11.6 Å². The van der Waals surface area contributed by atoms with E-state index in [2.05, 4.69) is 18.3 Å². The van der Waals surface area contributed by atoms with Gasteiger partial charge in [0.25, 0.3) is 0 Å². The SMILES string of the molecule is CNC(C)c1ccccc1-c1cccc(F)c1C. The van der Waals surface area contributed by atoms with Gasteiger partial charge in [0.1, 0.15) is 5.82 Å². The van der Waals surface area contributed by atoms with Crippen LogP contribution in [0.4, 0.5) is 4.39 Å². The van der Waals surface area contributed by atoms with Crippen LogP contribution >= 0.6 is 0 Å². The Hall–Kier alpha value is -1.67. The second-order valence-corrected chi connectivity index (χ2v) is 4.51. The molecule has 0 saturated carbocycles. The summed E-state index contributed by atoms with van der Waals surface area (Å²) in [5.74, 6) is -0.153. The van der Waals surface area contributed by atoms with Gasteiger partial charge in [0.2, 0.25) is 0 Å². The first-order valence-electron chi connectivity index (χ1n) is 6.17. The molecule has 0 saturated heterocycles. The molecule has 1 atom stereocenters. The highest BCUT2D eigenvalue weighted by Crippen LogP contribution is 2.31. The van der Waals surface area contributed by atoms with Gasteiger partial charge in [-0.1, -0.05) is 36.4 Å². The minimum Gasteiger partial charge on any atom is -0.313 e. The Morgan fingerprint density at radius 2 is 1.67 bits per heavy atom. The van der Waals surface area contributed by atoms with E-state index in [0.717, 1.165) is 11.1 Å². The molecule has 0 radical (unpaired) electrons. The lowest BCUT2D eigenvalue weighted by molar-refractivity contribution is 0.619. The molecule has 0 aromatic heterocycles. The summed E-state index contributed by atoms with van der Waals surface area (Å²) < 4.78 is 13.7. The third-order valence-electron chi connectivity index (χ3n) is 3.42. The summed E-state index contributed by atoms with van der Waals surface area (Å²) in [7, 11) is 1.93. The quantitative estimate of drug-likeness (QED) is 0.856. The summed E-state index contributed by atoms with van der Waals surface area (Å²) in [6, 6.07) is 13.6. The normalized spacial score (nSPS) is 12.4. The number of benzene rings is 2. The van der Waals surface area contributed by atoms with Crippen molar-refractivity contribution in [2.24, 2.45) is 0 Å². The van der Waals surface area contributed by atoms with Crippen molar-refractivity contribution < 1.29 is 4.39 Å². The number of rotatable bonds is 3. The van der Waals surface area contributed by atoms with Crippen LogP contribution in [0, 0.1) is 12.7 Å². The molecule has 2 heteroatoms. The Kier molecular flexibility index (Phi) is 3.78. The molecule has 0 aliphatic carbocycles. The topological polar surface area (TPSA) is 12.0 Å². The maximum absolute atomic E-state index is 13.7. The Bertz CT molecular complexity index is 549. The number of halogens is 1. The average molecular weight is 243 g/mol. The van der Waals surface area contributed by atoms with Gasteiger partial charge in [-0.2, -0.15) is 0 Å². The van der Waals surface area contributed by atoms with Crippen LogP contribution in [0.25, 0.3) is 11.1 Å². The van der Waals surface area contributed by atoms with Gasteiger partial charge in [0.15, 0.2) is 0 Å². The summed E-state index contributed by atoms with van der Waals surface area (Å²) in [6.45, 7) is 3.93. The van der Waals surface area contributed by atoms with Crippen LogP contribution in [0.1, 0.15) is 24.1 Å². The molecule has 1 N–H and O–H groups in total. The molecular weight excluding hydrogens is 225 g/mol. The van der Waals surface area contributed by atoms with Crippen LogP contribution in [0.5, 0.6) is 0 Å². The average Bonchev–Trinajstić information content (AvgIpc) is 2.41. The summed E-state index contributed by atoms with van der Waals surface area (Å²) in [4.78, 5) is 0. The minimum atomic E-state index is -0.153. The number of nitrogens with one attached hydrogen (secondary N) is 1. The van der Waals surface area contributed by atoms with E-state index in [0.29, 0.717) is 5.56 Å². The van der Waals surface area contributed by atoms with Crippen LogP contribution < -0.4 is 5.32 Å². The van der Waals surface area contributed by atoms with Gasteiger partial charge in [-0.25, -0.2) is 4.39 Å². The minimum absolute atomic E-state index is 0.153. The zero-order valence-corrected chi connectivity index (χ0v) is 11.0. The van der Waals surface area contributed by atoms with Crippen LogP contribution in [-0.2, 0) is 0 Å². The first-order chi connectivity index (χ1) is 8.65. The molecule has 0 aliphatic heterocycles. The fourth-order valence-corrected chi connectivity index (χ4v) is 2.17. The zero-order valence-electron chi connectivity index (χ0n) is 11.0. The monoisotopic (exact) mass is 243 g/mol. The van der Waals surface area contributed by atoms with E-state index in [9.17, 15) is 4.39 Å². The van der Waals surface area contributed by atoms with Gasteiger partial charge >= 0.3 is 0 Å². The highest BCUT2D eigenvalue weighted by Gasteiger charge is 2.12. The molecule has 0 aliphatic rings. The second-order valence-electron chi connectivity index (χ2n) is 4.51. The van der Waals surface area contributed by atoms with E-state index in [4.69, 9.17) is 0 Å². The van der Waals surface area contributed by atoms with Gasteiger partial charge in [-0.3, -0.25) is 0 Å². The van der Waals surface area contributed by atoms with Crippen molar-refractivity contribution in [2.45, 2.75) is 19.9 Å². The van der Waals surface area contributed by atoms with Crippen molar-refractivity contribution in [2.75, 3.05) is 7.05 Å². The van der Waals surface area contributed by atoms with Crippen molar-refractivity contribution in [1.82, 2.24) is 5.32 Å². The second kappa shape index (κ2) is 5.32. The van der Waals surface area contributed by atoms with E-state index in [1.54, 1.807) is 6.07 Å². The van der Waals surface area contributed by atoms with Crippen molar-refractivity contribution in [1.29, 1.82) is 0 Å². The molecule has 94 valence electrons. The van der Waals surface area contributed by atoms with Crippen LogP contribution in [0.2, 0.25) is 0 Å². The van der Waals surface area contributed by atoms with Crippen LogP contribution in [0.3, 0.4) is 0 Å². The summed E-state index contributed by atoms with van der Waals surface area (Å²) in [5, 5.41) is 3.23. The molecule has 2 aromatic rings. The Morgan fingerprint density at radius 3 is 2.39 bits per heavy atom. The molecule has 1 nitrogen and oxygen atoms in total. The highest BCUT2D eigenvalue weighted by molar-refractivity contribution is 5.71. The lowest BCUT2D eigenvalue weighted by atomic mass is 9.93. The van der Waals surface area contributed by atoms with Crippen molar-refractivity contribution in [3.63, 3.8) is 0 Å². The summed E-state index contributed by atoms with van der Waals surface area (Å²) in [6.07, 6.45) is 0. The van der Waals surface area contributed by atoms with Crippen LogP contribution in [-0.4, -0.2) is 7.05 Å². The Morgan fingerprint density at radius 1 is 1.00 bits per heavy atom. The lowest BCUT2D eigenvalue weighted by Crippen LogP contribution is -2.13. The number of hydrogen-bond acceptors (Lipinski definition) is 1. The van der Waals surface area contributed by atoms with Gasteiger partial charge in [-0.15, -0.1) is 0 Å². The maximum atomic E-state index is 13.7. The van der Waals surface area contributed by atoms with Gasteiger partial charge in [-0.05, 0) is 49.2 Å². The molecular formula is C16H18FN. The third-order valence-corrected chi connectivity index (χ3v) is 3.42. The van der Waals surface area contributed by atoms with Gasteiger partial charge < -0.3 is 5.32 Å². The van der Waals surface area contributed by atoms with Crippen LogP contribution in [0.15, 0.2) is 42.5 Å². The Balaban J connectivity index is 2.60. The van der Waals surface area contributed by atoms with Gasteiger partial charge in [0, 0.05) is 6.04 Å². The zero-order chi connectivity index (χ0) is 13.1.